The Morgan fingerprint density at radius 1 is 1.26 bits per heavy atom. The maximum absolute atomic E-state index is 12.9. The summed E-state index contributed by atoms with van der Waals surface area (Å²) in [5.41, 5.74) is -0.119. The summed E-state index contributed by atoms with van der Waals surface area (Å²) in [6.07, 6.45) is 3.50. The summed E-state index contributed by atoms with van der Waals surface area (Å²) in [6, 6.07) is 9.62. The topological polar surface area (TPSA) is 69.6 Å². The smallest absolute Gasteiger partial charge is 0.329 e. The van der Waals surface area contributed by atoms with E-state index in [4.69, 9.17) is 0 Å². The Morgan fingerprint density at radius 2 is 2.04 bits per heavy atom. The molecule has 5 nitrogen and oxygen atoms in total. The quantitative estimate of drug-likeness (QED) is 0.886. The van der Waals surface area contributed by atoms with Crippen molar-refractivity contribution in [1.29, 1.82) is 0 Å². The van der Waals surface area contributed by atoms with E-state index in [1.165, 1.54) is 0 Å². The normalized spacial score (nSPS) is 27.8. The van der Waals surface area contributed by atoms with E-state index in [2.05, 4.69) is 5.32 Å². The van der Waals surface area contributed by atoms with Gasteiger partial charge in [-0.05, 0) is 37.8 Å². The van der Waals surface area contributed by atoms with E-state index >= 15 is 0 Å². The van der Waals surface area contributed by atoms with Crippen LogP contribution in [0.2, 0.25) is 0 Å². The molecule has 0 aliphatic carbocycles. The molecular weight excluding hydrogens is 292 g/mol. The molecule has 2 fully saturated rings. The van der Waals surface area contributed by atoms with Gasteiger partial charge in [-0.25, -0.2) is 4.79 Å². The van der Waals surface area contributed by atoms with Crippen molar-refractivity contribution in [1.82, 2.24) is 10.2 Å². The molecule has 1 aromatic rings. The van der Waals surface area contributed by atoms with Crippen LogP contribution in [0.1, 0.15) is 31.2 Å². The number of piperidine rings is 1. The molecule has 1 aromatic carbocycles. The van der Waals surface area contributed by atoms with E-state index in [1.54, 1.807) is 4.90 Å². The molecule has 3 rings (SSSR count). The van der Waals surface area contributed by atoms with Gasteiger partial charge in [0.1, 0.15) is 5.54 Å². The number of benzene rings is 1. The minimum absolute atomic E-state index is 0.00744. The average molecular weight is 316 g/mol. The van der Waals surface area contributed by atoms with Crippen LogP contribution >= 0.6 is 0 Å². The predicted octanol–water partition coefficient (Wildman–Crippen LogP) is 1.67. The van der Waals surface area contributed by atoms with Crippen LogP contribution in [0.25, 0.3) is 0 Å². The molecule has 0 saturated carbocycles. The van der Waals surface area contributed by atoms with Crippen molar-refractivity contribution in [2.75, 3.05) is 19.6 Å². The van der Waals surface area contributed by atoms with Crippen molar-refractivity contribution in [3.05, 3.63) is 35.9 Å². The highest BCUT2D eigenvalue weighted by Crippen LogP contribution is 2.35. The van der Waals surface area contributed by atoms with Crippen molar-refractivity contribution in [3.8, 4) is 0 Å². The molecular formula is C18H24N2O3. The molecule has 2 aliphatic rings. The number of hydrogen-bond acceptors (Lipinski definition) is 3. The van der Waals surface area contributed by atoms with Gasteiger partial charge in [-0.1, -0.05) is 30.3 Å². The standard InChI is InChI=1S/C18H24N2O3/c21-16(15-8-4-10-19-13-15)20-11-5-9-18(20,17(22)23)12-14-6-2-1-3-7-14/h1-3,6-7,15,19H,4-5,8-13H2,(H,22,23)/t15-,18-/m0/s1. The van der Waals surface area contributed by atoms with Crippen LogP contribution in [0.15, 0.2) is 30.3 Å². The molecule has 0 unspecified atom stereocenters. The average Bonchev–Trinajstić information content (AvgIpc) is 3.01. The fourth-order valence-electron chi connectivity index (χ4n) is 3.90. The van der Waals surface area contributed by atoms with Gasteiger partial charge in [-0.2, -0.15) is 0 Å². The van der Waals surface area contributed by atoms with Gasteiger partial charge in [0.2, 0.25) is 5.91 Å². The number of rotatable bonds is 4. The lowest BCUT2D eigenvalue weighted by atomic mass is 9.86. The summed E-state index contributed by atoms with van der Waals surface area (Å²) in [7, 11) is 0. The Labute approximate surface area is 136 Å². The molecule has 0 aromatic heterocycles. The second-order valence-electron chi connectivity index (χ2n) is 6.64. The van der Waals surface area contributed by atoms with Gasteiger partial charge in [0.05, 0.1) is 5.92 Å². The molecule has 2 N–H and O–H groups in total. The predicted molar refractivity (Wildman–Crippen MR) is 87.1 cm³/mol. The van der Waals surface area contributed by atoms with E-state index in [0.29, 0.717) is 25.9 Å². The number of carbonyl (C=O) groups excluding carboxylic acids is 1. The number of carbonyl (C=O) groups is 2. The summed E-state index contributed by atoms with van der Waals surface area (Å²) in [5, 5.41) is 13.2. The fraction of sp³-hybridized carbons (Fsp3) is 0.556. The Hall–Kier alpha value is -1.88. The maximum atomic E-state index is 12.9. The first-order valence-corrected chi connectivity index (χ1v) is 8.43. The highest BCUT2D eigenvalue weighted by molar-refractivity contribution is 5.89. The van der Waals surface area contributed by atoms with Crippen LogP contribution in [0.3, 0.4) is 0 Å². The molecule has 0 bridgehead atoms. The van der Waals surface area contributed by atoms with E-state index in [9.17, 15) is 14.7 Å². The molecule has 23 heavy (non-hydrogen) atoms. The summed E-state index contributed by atoms with van der Waals surface area (Å²) >= 11 is 0. The van der Waals surface area contributed by atoms with Crippen LogP contribution in [-0.2, 0) is 16.0 Å². The number of likely N-dealkylation sites (tertiary alicyclic amines) is 1. The number of nitrogens with zero attached hydrogens (tertiary/aromatic N) is 1. The van der Waals surface area contributed by atoms with Crippen molar-refractivity contribution in [3.63, 3.8) is 0 Å². The second kappa shape index (κ2) is 6.71. The van der Waals surface area contributed by atoms with Crippen LogP contribution < -0.4 is 5.32 Å². The molecule has 2 heterocycles. The molecule has 0 radical (unpaired) electrons. The molecule has 2 atom stereocenters. The largest absolute Gasteiger partial charge is 0.479 e. The van der Waals surface area contributed by atoms with Gasteiger partial charge in [0, 0.05) is 19.5 Å². The van der Waals surface area contributed by atoms with Gasteiger partial charge >= 0.3 is 5.97 Å². The zero-order valence-corrected chi connectivity index (χ0v) is 13.3. The van der Waals surface area contributed by atoms with Crippen LogP contribution in [0.5, 0.6) is 0 Å². The Kier molecular flexibility index (Phi) is 4.66. The maximum Gasteiger partial charge on any atom is 0.329 e. The SMILES string of the molecule is O=C([C@H]1CCCNC1)N1CCC[C@]1(Cc1ccccc1)C(=O)O. The number of aliphatic carboxylic acids is 1. The first kappa shape index (κ1) is 16.0. The van der Waals surface area contributed by atoms with E-state index in [-0.39, 0.29) is 11.8 Å². The summed E-state index contributed by atoms with van der Waals surface area (Å²) in [5.74, 6) is -0.958. The highest BCUT2D eigenvalue weighted by atomic mass is 16.4. The first-order valence-electron chi connectivity index (χ1n) is 8.43. The van der Waals surface area contributed by atoms with E-state index in [0.717, 1.165) is 31.4 Å². The van der Waals surface area contributed by atoms with Gasteiger partial charge in [0.25, 0.3) is 0 Å². The number of nitrogens with one attached hydrogen (secondary N) is 1. The van der Waals surface area contributed by atoms with Crippen LogP contribution in [-0.4, -0.2) is 47.1 Å². The zero-order chi connectivity index (χ0) is 16.3. The number of amides is 1. The zero-order valence-electron chi connectivity index (χ0n) is 13.3. The Balaban J connectivity index is 1.85. The summed E-state index contributed by atoms with van der Waals surface area (Å²) < 4.78 is 0. The lowest BCUT2D eigenvalue weighted by Crippen LogP contribution is -2.57. The molecule has 124 valence electrons. The molecule has 2 aliphatic heterocycles. The van der Waals surface area contributed by atoms with Crippen molar-refractivity contribution in [2.45, 2.75) is 37.6 Å². The monoisotopic (exact) mass is 316 g/mol. The molecule has 2 saturated heterocycles. The Morgan fingerprint density at radius 3 is 2.70 bits per heavy atom. The first-order chi connectivity index (χ1) is 11.1. The van der Waals surface area contributed by atoms with Gasteiger partial charge in [-0.15, -0.1) is 0 Å². The third-order valence-electron chi connectivity index (χ3n) is 5.14. The van der Waals surface area contributed by atoms with Crippen LogP contribution in [0.4, 0.5) is 0 Å². The van der Waals surface area contributed by atoms with Crippen molar-refractivity contribution < 1.29 is 14.7 Å². The van der Waals surface area contributed by atoms with Crippen molar-refractivity contribution in [2.24, 2.45) is 5.92 Å². The minimum atomic E-state index is -1.09. The van der Waals surface area contributed by atoms with Crippen LogP contribution in [0, 0.1) is 5.92 Å². The lowest BCUT2D eigenvalue weighted by Gasteiger charge is -2.38. The number of carboxylic acid groups (broad SMARTS) is 1. The Bertz CT molecular complexity index is 569. The van der Waals surface area contributed by atoms with E-state index in [1.807, 2.05) is 30.3 Å². The molecule has 5 heteroatoms. The summed E-state index contributed by atoms with van der Waals surface area (Å²) in [6.45, 7) is 2.16. The van der Waals surface area contributed by atoms with E-state index < -0.39 is 11.5 Å². The molecule has 1 amide bonds. The van der Waals surface area contributed by atoms with Gasteiger partial charge < -0.3 is 15.3 Å². The van der Waals surface area contributed by atoms with Gasteiger partial charge in [0.15, 0.2) is 0 Å². The third-order valence-corrected chi connectivity index (χ3v) is 5.14. The third kappa shape index (κ3) is 3.11. The number of hydrogen-bond donors (Lipinski definition) is 2. The number of carboxylic acids is 1. The van der Waals surface area contributed by atoms with Gasteiger partial charge in [-0.3, -0.25) is 4.79 Å². The fourth-order valence-corrected chi connectivity index (χ4v) is 3.90. The summed E-state index contributed by atoms with van der Waals surface area (Å²) in [4.78, 5) is 26.7. The highest BCUT2D eigenvalue weighted by Gasteiger charge is 2.50. The molecule has 0 spiro atoms. The minimum Gasteiger partial charge on any atom is -0.479 e. The van der Waals surface area contributed by atoms with Crippen molar-refractivity contribution >= 4 is 11.9 Å². The lowest BCUT2D eigenvalue weighted by molar-refractivity contribution is -0.158. The second-order valence-corrected chi connectivity index (χ2v) is 6.64.